The maximum absolute atomic E-state index is 12.2. The number of ether oxygens (including phenoxy) is 1. The van der Waals surface area contributed by atoms with E-state index < -0.39 is 6.10 Å². The van der Waals surface area contributed by atoms with Gasteiger partial charge in [-0.25, -0.2) is 0 Å². The van der Waals surface area contributed by atoms with Crippen LogP contribution in [0.3, 0.4) is 0 Å². The molecule has 1 amide bonds. The molecule has 3 aromatic rings. The number of carbonyl (C=O) groups is 1. The number of carbonyl (C=O) groups excluding carboxylic acids is 1. The van der Waals surface area contributed by atoms with Crippen LogP contribution in [0.15, 0.2) is 53.1 Å². The van der Waals surface area contributed by atoms with Gasteiger partial charge in [-0.15, -0.1) is 0 Å². The van der Waals surface area contributed by atoms with Crippen molar-refractivity contribution in [1.82, 2.24) is 15.5 Å². The van der Waals surface area contributed by atoms with Crippen molar-refractivity contribution in [2.45, 2.75) is 32.9 Å². The van der Waals surface area contributed by atoms with Gasteiger partial charge >= 0.3 is 0 Å². The molecule has 0 aliphatic carbocycles. The average molecular weight is 386 g/mol. The first-order valence-electron chi connectivity index (χ1n) is 8.59. The van der Waals surface area contributed by atoms with Crippen LogP contribution in [0.2, 0.25) is 5.02 Å². The summed E-state index contributed by atoms with van der Waals surface area (Å²) in [4.78, 5) is 16.6. The van der Waals surface area contributed by atoms with Crippen LogP contribution in [0, 0.1) is 0 Å². The Kier molecular flexibility index (Phi) is 5.76. The van der Waals surface area contributed by atoms with Gasteiger partial charge in [-0.1, -0.05) is 35.0 Å². The smallest absolute Gasteiger partial charge is 0.267 e. The Bertz CT molecular complexity index is 939. The molecule has 27 heavy (non-hydrogen) atoms. The monoisotopic (exact) mass is 385 g/mol. The third kappa shape index (κ3) is 4.86. The molecule has 0 spiro atoms. The Hall–Kier alpha value is -2.86. The van der Waals surface area contributed by atoms with E-state index in [2.05, 4.69) is 15.5 Å². The van der Waals surface area contributed by atoms with Crippen LogP contribution in [-0.4, -0.2) is 22.1 Å². The van der Waals surface area contributed by atoms with E-state index in [1.165, 1.54) is 0 Å². The summed E-state index contributed by atoms with van der Waals surface area (Å²) in [6.07, 6.45) is -0.447. The summed E-state index contributed by atoms with van der Waals surface area (Å²) >= 11 is 5.97. The van der Waals surface area contributed by atoms with Crippen molar-refractivity contribution in [3.63, 3.8) is 0 Å². The highest BCUT2D eigenvalue weighted by molar-refractivity contribution is 6.30. The molecule has 2 aromatic carbocycles. The lowest BCUT2D eigenvalue weighted by Crippen LogP contribution is -2.30. The lowest BCUT2D eigenvalue weighted by molar-refractivity contribution is 0.0943. The number of nitrogens with zero attached hydrogens (tertiary/aromatic N) is 2. The number of aromatic nitrogens is 2. The van der Waals surface area contributed by atoms with Crippen molar-refractivity contribution in [3.05, 3.63) is 65.0 Å². The van der Waals surface area contributed by atoms with Crippen molar-refractivity contribution in [1.29, 1.82) is 0 Å². The topological polar surface area (TPSA) is 77.2 Å². The van der Waals surface area contributed by atoms with E-state index in [4.69, 9.17) is 20.9 Å². The number of rotatable bonds is 6. The van der Waals surface area contributed by atoms with E-state index >= 15 is 0 Å². The van der Waals surface area contributed by atoms with Crippen molar-refractivity contribution >= 4 is 17.5 Å². The van der Waals surface area contributed by atoms with Gasteiger partial charge in [0.25, 0.3) is 11.8 Å². The first-order chi connectivity index (χ1) is 12.9. The van der Waals surface area contributed by atoms with E-state index in [0.29, 0.717) is 33.6 Å². The molecular formula is C20H20ClN3O3. The SMILES string of the molecule is CC(C)NC(=O)c1cccc(-c2noc([C@@H](C)Oc3cccc(Cl)c3)n2)c1. The predicted octanol–water partition coefficient (Wildman–Crippen LogP) is 4.67. The van der Waals surface area contributed by atoms with Crippen molar-refractivity contribution in [2.75, 3.05) is 0 Å². The minimum Gasteiger partial charge on any atom is -0.481 e. The van der Waals surface area contributed by atoms with E-state index in [9.17, 15) is 4.79 Å². The van der Waals surface area contributed by atoms with E-state index in [0.717, 1.165) is 0 Å². The third-order valence-electron chi connectivity index (χ3n) is 3.70. The summed E-state index contributed by atoms with van der Waals surface area (Å²) in [5.41, 5.74) is 1.23. The fourth-order valence-electron chi connectivity index (χ4n) is 2.46. The van der Waals surface area contributed by atoms with Crippen LogP contribution in [0.1, 0.15) is 43.1 Å². The first kappa shape index (κ1) is 18.9. The summed E-state index contributed by atoms with van der Waals surface area (Å²) in [6.45, 7) is 5.63. The molecule has 140 valence electrons. The quantitative estimate of drug-likeness (QED) is 0.667. The highest BCUT2D eigenvalue weighted by atomic mass is 35.5. The number of benzene rings is 2. The Balaban J connectivity index is 1.76. The molecule has 1 heterocycles. The molecule has 1 aromatic heterocycles. The van der Waals surface area contributed by atoms with Gasteiger partial charge in [0.1, 0.15) is 5.75 Å². The van der Waals surface area contributed by atoms with Gasteiger partial charge in [0.15, 0.2) is 6.10 Å². The van der Waals surface area contributed by atoms with Crippen molar-refractivity contribution in [3.8, 4) is 17.1 Å². The number of hydrogen-bond donors (Lipinski definition) is 1. The molecule has 0 aliphatic heterocycles. The van der Waals surface area contributed by atoms with Crippen LogP contribution in [0.4, 0.5) is 0 Å². The normalized spacial score (nSPS) is 12.0. The zero-order valence-corrected chi connectivity index (χ0v) is 16.0. The van der Waals surface area contributed by atoms with Gasteiger partial charge in [-0.3, -0.25) is 4.79 Å². The summed E-state index contributed by atoms with van der Waals surface area (Å²) in [5.74, 6) is 1.20. The standard InChI is InChI=1S/C20H20ClN3O3/c1-12(2)22-19(25)15-7-4-6-14(10-15)18-23-20(27-24-18)13(3)26-17-9-5-8-16(21)11-17/h4-13H,1-3H3,(H,22,25)/t13-/m1/s1. The number of nitrogens with one attached hydrogen (secondary N) is 1. The van der Waals surface area contributed by atoms with Gasteiger partial charge in [0.05, 0.1) is 0 Å². The van der Waals surface area contributed by atoms with E-state index in [1.807, 2.05) is 26.8 Å². The highest BCUT2D eigenvalue weighted by Crippen LogP contribution is 2.25. The number of halogens is 1. The van der Waals surface area contributed by atoms with E-state index in [1.54, 1.807) is 42.5 Å². The minimum atomic E-state index is -0.447. The molecule has 0 aliphatic rings. The van der Waals surface area contributed by atoms with E-state index in [-0.39, 0.29) is 11.9 Å². The fraction of sp³-hybridized carbons (Fsp3) is 0.250. The second-order valence-corrected chi connectivity index (χ2v) is 6.82. The largest absolute Gasteiger partial charge is 0.481 e. The number of hydrogen-bond acceptors (Lipinski definition) is 5. The molecule has 0 saturated carbocycles. The van der Waals surface area contributed by atoms with Crippen molar-refractivity contribution in [2.24, 2.45) is 0 Å². The molecule has 0 saturated heterocycles. The van der Waals surface area contributed by atoms with Crippen molar-refractivity contribution < 1.29 is 14.1 Å². The fourth-order valence-corrected chi connectivity index (χ4v) is 2.64. The zero-order valence-electron chi connectivity index (χ0n) is 15.3. The first-order valence-corrected chi connectivity index (χ1v) is 8.97. The highest BCUT2D eigenvalue weighted by Gasteiger charge is 2.18. The molecule has 0 fully saturated rings. The zero-order chi connectivity index (χ0) is 19.4. The predicted molar refractivity (Wildman–Crippen MR) is 103 cm³/mol. The molecule has 3 rings (SSSR count). The van der Waals surface area contributed by atoms with Gasteiger partial charge in [0.2, 0.25) is 5.82 Å². The van der Waals surface area contributed by atoms with Crippen LogP contribution in [0.25, 0.3) is 11.4 Å². The Labute approximate surface area is 162 Å². The lowest BCUT2D eigenvalue weighted by Gasteiger charge is -2.10. The molecule has 7 heteroatoms. The average Bonchev–Trinajstić information content (AvgIpc) is 3.11. The van der Waals surface area contributed by atoms with Crippen LogP contribution >= 0.6 is 11.6 Å². The second kappa shape index (κ2) is 8.22. The molecule has 6 nitrogen and oxygen atoms in total. The summed E-state index contributed by atoms with van der Waals surface area (Å²) in [6, 6.07) is 14.2. The molecule has 1 N–H and O–H groups in total. The van der Waals surface area contributed by atoms with Crippen LogP contribution < -0.4 is 10.1 Å². The lowest BCUT2D eigenvalue weighted by atomic mass is 10.1. The Morgan fingerprint density at radius 3 is 2.67 bits per heavy atom. The van der Waals surface area contributed by atoms with Crippen LogP contribution in [0.5, 0.6) is 5.75 Å². The third-order valence-corrected chi connectivity index (χ3v) is 3.94. The van der Waals surface area contributed by atoms with Gasteiger partial charge in [-0.2, -0.15) is 4.98 Å². The second-order valence-electron chi connectivity index (χ2n) is 6.38. The number of amides is 1. The molecule has 0 radical (unpaired) electrons. The molecular weight excluding hydrogens is 366 g/mol. The summed E-state index contributed by atoms with van der Waals surface area (Å²) in [7, 11) is 0. The maximum Gasteiger partial charge on any atom is 0.267 e. The minimum absolute atomic E-state index is 0.0578. The van der Waals surface area contributed by atoms with Gasteiger partial charge in [0, 0.05) is 22.2 Å². The summed E-state index contributed by atoms with van der Waals surface area (Å²) < 4.78 is 11.1. The Morgan fingerprint density at radius 2 is 1.93 bits per heavy atom. The van der Waals surface area contributed by atoms with Crippen LogP contribution in [-0.2, 0) is 0 Å². The maximum atomic E-state index is 12.2. The summed E-state index contributed by atoms with van der Waals surface area (Å²) in [5, 5.41) is 7.45. The van der Waals surface area contributed by atoms with Gasteiger partial charge < -0.3 is 14.6 Å². The Morgan fingerprint density at radius 1 is 1.15 bits per heavy atom. The molecule has 0 unspecified atom stereocenters. The molecule has 0 bridgehead atoms. The van der Waals surface area contributed by atoms with Gasteiger partial charge in [-0.05, 0) is 51.1 Å². The molecule has 1 atom stereocenters.